The maximum Gasteiger partial charge on any atom is 0.146 e. The number of hydrogen-bond acceptors (Lipinski definition) is 1. The zero-order valence-electron chi connectivity index (χ0n) is 15.1. The number of carbonyl (C=O) groups is 1. The van der Waals surface area contributed by atoms with Crippen molar-refractivity contribution in [3.63, 3.8) is 0 Å². The molecule has 0 spiro atoms. The third-order valence-corrected chi connectivity index (χ3v) is 8.32. The Balaban J connectivity index is 1.49. The van der Waals surface area contributed by atoms with Gasteiger partial charge in [-0.25, -0.2) is 0 Å². The van der Waals surface area contributed by atoms with Gasteiger partial charge in [-0.2, -0.15) is 0 Å². The monoisotopic (exact) mass is 356 g/mol. The highest BCUT2D eigenvalue weighted by Crippen LogP contribution is 2.60. The second kappa shape index (κ2) is 6.41. The minimum Gasteiger partial charge on any atom is -0.298 e. The molecule has 0 heterocycles. The molecule has 1 nitrogen and oxygen atoms in total. The van der Waals surface area contributed by atoms with E-state index in [2.05, 4.69) is 12.2 Å². The first kappa shape index (κ1) is 16.4. The van der Waals surface area contributed by atoms with Crippen LogP contribution in [0, 0.1) is 29.6 Å². The van der Waals surface area contributed by atoms with Gasteiger partial charge in [0.2, 0.25) is 0 Å². The molecule has 1 saturated carbocycles. The lowest BCUT2D eigenvalue weighted by molar-refractivity contribution is -0.105. The minimum absolute atomic E-state index is 0.168. The van der Waals surface area contributed by atoms with E-state index in [1.165, 1.54) is 50.5 Å². The summed E-state index contributed by atoms with van der Waals surface area (Å²) in [6, 6.07) is 0. The fraction of sp³-hybridized carbons (Fsp3) is 0.696. The maximum absolute atomic E-state index is 11.7. The lowest BCUT2D eigenvalue weighted by atomic mass is 9.60. The summed E-state index contributed by atoms with van der Waals surface area (Å²) in [7, 11) is 0. The Morgan fingerprint density at radius 3 is 2.72 bits per heavy atom. The molecule has 0 aromatic carbocycles. The molecular weight excluding hydrogens is 328 g/mol. The van der Waals surface area contributed by atoms with E-state index >= 15 is 0 Å². The van der Waals surface area contributed by atoms with Crippen LogP contribution in [0.1, 0.15) is 64.2 Å². The first-order valence-corrected chi connectivity index (χ1v) is 10.9. The van der Waals surface area contributed by atoms with Crippen LogP contribution >= 0.6 is 11.6 Å². The summed E-state index contributed by atoms with van der Waals surface area (Å²) in [5.74, 6) is 3.92. The highest BCUT2D eigenvalue weighted by Gasteiger charge is 2.50. The van der Waals surface area contributed by atoms with Crippen LogP contribution in [0.25, 0.3) is 0 Å². The molecule has 6 atom stereocenters. The second-order valence-electron chi connectivity index (χ2n) is 9.07. The van der Waals surface area contributed by atoms with Crippen molar-refractivity contribution in [2.75, 3.05) is 0 Å². The van der Waals surface area contributed by atoms with Crippen LogP contribution in [0.5, 0.6) is 0 Å². The maximum atomic E-state index is 11.7. The number of aldehydes is 1. The molecule has 2 heteroatoms. The largest absolute Gasteiger partial charge is 0.298 e. The summed E-state index contributed by atoms with van der Waals surface area (Å²) in [5.41, 5.74) is 6.22. The van der Waals surface area contributed by atoms with Crippen molar-refractivity contribution in [2.24, 2.45) is 29.6 Å². The lowest BCUT2D eigenvalue weighted by Gasteiger charge is -2.45. The van der Waals surface area contributed by atoms with Gasteiger partial charge in [0.15, 0.2) is 0 Å². The summed E-state index contributed by atoms with van der Waals surface area (Å²) in [6.45, 7) is 0. The molecule has 0 radical (unpaired) electrons. The Bertz CT molecular complexity index is 670. The molecule has 134 valence electrons. The van der Waals surface area contributed by atoms with E-state index in [1.54, 1.807) is 0 Å². The summed E-state index contributed by atoms with van der Waals surface area (Å²) in [6.07, 6.45) is 18.4. The van der Waals surface area contributed by atoms with Gasteiger partial charge in [0.25, 0.3) is 0 Å². The van der Waals surface area contributed by atoms with Crippen LogP contribution in [0.4, 0.5) is 0 Å². The molecule has 6 unspecified atom stereocenters. The van der Waals surface area contributed by atoms with Crippen molar-refractivity contribution in [3.8, 4) is 0 Å². The van der Waals surface area contributed by atoms with Crippen LogP contribution in [-0.4, -0.2) is 11.7 Å². The second-order valence-corrected chi connectivity index (χ2v) is 9.69. The molecule has 0 saturated heterocycles. The standard InChI is InChI=1S/C23H29ClO/c24-17-8-9-18(16(11-17)13-25)15-10-14-4-3-7-21-19-5-1-2-6-20(19)22(12-15)23(14)21/h3,7,13-15,17,21-23H,1-2,4-6,8-12H2. The van der Waals surface area contributed by atoms with E-state index in [0.29, 0.717) is 5.92 Å². The first-order chi connectivity index (χ1) is 12.3. The van der Waals surface area contributed by atoms with Crippen molar-refractivity contribution in [1.29, 1.82) is 0 Å². The Labute approximate surface area is 156 Å². The van der Waals surface area contributed by atoms with E-state index < -0.39 is 0 Å². The molecule has 5 aliphatic rings. The predicted octanol–water partition coefficient (Wildman–Crippen LogP) is 5.99. The molecule has 5 rings (SSSR count). The summed E-state index contributed by atoms with van der Waals surface area (Å²) < 4.78 is 0. The van der Waals surface area contributed by atoms with Crippen molar-refractivity contribution in [2.45, 2.75) is 69.6 Å². The summed E-state index contributed by atoms with van der Waals surface area (Å²) >= 11 is 6.35. The van der Waals surface area contributed by atoms with E-state index in [4.69, 9.17) is 11.6 Å². The van der Waals surface area contributed by atoms with Gasteiger partial charge in [0.05, 0.1) is 0 Å². The van der Waals surface area contributed by atoms with E-state index in [0.717, 1.165) is 54.8 Å². The molecule has 5 aliphatic carbocycles. The van der Waals surface area contributed by atoms with Gasteiger partial charge in [0.1, 0.15) is 6.29 Å². The van der Waals surface area contributed by atoms with Crippen molar-refractivity contribution >= 4 is 17.9 Å². The van der Waals surface area contributed by atoms with Gasteiger partial charge in [-0.3, -0.25) is 4.79 Å². The molecule has 1 fully saturated rings. The molecule has 0 aromatic rings. The minimum atomic E-state index is 0.168. The number of alkyl halides is 1. The van der Waals surface area contributed by atoms with Crippen LogP contribution in [0.3, 0.4) is 0 Å². The zero-order chi connectivity index (χ0) is 17.0. The molecule has 25 heavy (non-hydrogen) atoms. The lowest BCUT2D eigenvalue weighted by Crippen LogP contribution is -2.37. The van der Waals surface area contributed by atoms with Gasteiger partial charge in [-0.15, -0.1) is 11.6 Å². The average molecular weight is 357 g/mol. The smallest absolute Gasteiger partial charge is 0.146 e. The fourth-order valence-corrected chi connectivity index (χ4v) is 7.31. The quantitative estimate of drug-likeness (QED) is 0.337. The van der Waals surface area contributed by atoms with E-state index in [-0.39, 0.29) is 5.38 Å². The number of carbonyl (C=O) groups excluding carboxylic acids is 1. The normalized spacial score (nSPS) is 43.1. The van der Waals surface area contributed by atoms with Crippen molar-refractivity contribution < 1.29 is 4.79 Å². The Morgan fingerprint density at radius 1 is 1.04 bits per heavy atom. The first-order valence-electron chi connectivity index (χ1n) is 10.5. The van der Waals surface area contributed by atoms with Crippen molar-refractivity contribution in [3.05, 3.63) is 34.4 Å². The molecule has 0 bridgehead atoms. The molecular formula is C23H29ClO. The molecule has 0 aromatic heterocycles. The topological polar surface area (TPSA) is 17.1 Å². The number of fused-ring (bicyclic) bond motifs is 2. The van der Waals surface area contributed by atoms with Gasteiger partial charge in [-0.05, 0) is 93.5 Å². The number of allylic oxidation sites excluding steroid dienone is 6. The van der Waals surface area contributed by atoms with E-state index in [9.17, 15) is 4.79 Å². The zero-order valence-corrected chi connectivity index (χ0v) is 15.8. The van der Waals surface area contributed by atoms with Gasteiger partial charge in [0, 0.05) is 11.3 Å². The molecule has 0 aliphatic heterocycles. The molecule has 0 amide bonds. The molecule has 0 N–H and O–H groups in total. The Morgan fingerprint density at radius 2 is 1.88 bits per heavy atom. The van der Waals surface area contributed by atoms with Gasteiger partial charge >= 0.3 is 0 Å². The highest BCUT2D eigenvalue weighted by molar-refractivity contribution is 6.21. The summed E-state index contributed by atoms with van der Waals surface area (Å²) in [5, 5.41) is 0.168. The predicted molar refractivity (Wildman–Crippen MR) is 103 cm³/mol. The van der Waals surface area contributed by atoms with Crippen LogP contribution in [-0.2, 0) is 4.79 Å². The fourth-order valence-electron chi connectivity index (χ4n) is 7.03. The van der Waals surface area contributed by atoms with Crippen LogP contribution in [0.2, 0.25) is 0 Å². The third-order valence-electron chi connectivity index (χ3n) is 7.95. The third kappa shape index (κ3) is 2.60. The number of rotatable bonds is 2. The Kier molecular flexibility index (Phi) is 4.19. The van der Waals surface area contributed by atoms with Crippen LogP contribution < -0.4 is 0 Å². The summed E-state index contributed by atoms with van der Waals surface area (Å²) in [4.78, 5) is 11.7. The number of halogens is 1. The van der Waals surface area contributed by atoms with Crippen LogP contribution in [0.15, 0.2) is 34.4 Å². The van der Waals surface area contributed by atoms with E-state index in [1.807, 2.05) is 11.1 Å². The van der Waals surface area contributed by atoms with Crippen molar-refractivity contribution in [1.82, 2.24) is 0 Å². The highest BCUT2D eigenvalue weighted by atomic mass is 35.5. The number of hydrogen-bond donors (Lipinski definition) is 0. The van der Waals surface area contributed by atoms with Gasteiger partial charge < -0.3 is 0 Å². The van der Waals surface area contributed by atoms with Gasteiger partial charge in [-0.1, -0.05) is 28.9 Å². The Hall–Kier alpha value is -0.820. The SMILES string of the molecule is O=CC1=C(C2CC3CC=CC4C5=C(CCCC5)C(C2)C34)CCC(Cl)C1. The average Bonchev–Trinajstić information content (AvgIpc) is 2.97.